The number of carbonyl (C=O) groups is 2. The number of rotatable bonds is 5. The molecule has 0 aliphatic rings. The number of nitrogens with zero attached hydrogens (tertiary/aromatic N) is 1. The van der Waals surface area contributed by atoms with Crippen molar-refractivity contribution in [2.75, 3.05) is 0 Å². The minimum Gasteiger partial charge on any atom is -0.366 e. The summed E-state index contributed by atoms with van der Waals surface area (Å²) in [6.45, 7) is 7.26. The fourth-order valence-electron chi connectivity index (χ4n) is 2.58. The lowest BCUT2D eigenvalue weighted by molar-refractivity contribution is 0.0948. The molecule has 0 bridgehead atoms. The molecule has 116 valence electrons. The molecule has 0 fully saturated rings. The van der Waals surface area contributed by atoms with Gasteiger partial charge in [-0.1, -0.05) is 12.1 Å². The number of hydrogen-bond acceptors (Lipinski definition) is 2. The second-order valence-corrected chi connectivity index (χ2v) is 5.27. The lowest BCUT2D eigenvalue weighted by Gasteiger charge is -2.07. The molecule has 0 aliphatic heterocycles. The van der Waals surface area contributed by atoms with Gasteiger partial charge in [-0.15, -0.1) is 0 Å². The van der Waals surface area contributed by atoms with Crippen LogP contribution < -0.4 is 11.1 Å². The molecule has 2 rings (SSSR count). The highest BCUT2D eigenvalue weighted by Crippen LogP contribution is 2.15. The molecular formula is C17H21N3O2. The van der Waals surface area contributed by atoms with Crippen LogP contribution in [0.25, 0.3) is 0 Å². The molecule has 0 atom stereocenters. The Labute approximate surface area is 130 Å². The molecule has 1 aromatic carbocycles. The first-order valence-corrected chi connectivity index (χ1v) is 7.27. The van der Waals surface area contributed by atoms with Gasteiger partial charge in [-0.25, -0.2) is 0 Å². The van der Waals surface area contributed by atoms with Crippen molar-refractivity contribution in [3.63, 3.8) is 0 Å². The molecule has 0 unspecified atom stereocenters. The van der Waals surface area contributed by atoms with E-state index in [9.17, 15) is 9.59 Å². The maximum Gasteiger partial charge on any atom is 0.253 e. The highest BCUT2D eigenvalue weighted by molar-refractivity contribution is 5.95. The van der Waals surface area contributed by atoms with E-state index in [2.05, 4.69) is 16.8 Å². The van der Waals surface area contributed by atoms with Gasteiger partial charge >= 0.3 is 0 Å². The molecule has 2 amide bonds. The average molecular weight is 299 g/mol. The van der Waals surface area contributed by atoms with Crippen LogP contribution in [0.4, 0.5) is 0 Å². The van der Waals surface area contributed by atoms with Crippen LogP contribution in [0, 0.1) is 13.8 Å². The first-order chi connectivity index (χ1) is 10.4. The molecule has 5 heteroatoms. The maximum absolute atomic E-state index is 12.3. The summed E-state index contributed by atoms with van der Waals surface area (Å²) >= 11 is 0. The van der Waals surface area contributed by atoms with Crippen LogP contribution in [0.1, 0.15) is 44.6 Å². The summed E-state index contributed by atoms with van der Waals surface area (Å²) in [7, 11) is 0. The van der Waals surface area contributed by atoms with E-state index in [0.29, 0.717) is 17.7 Å². The van der Waals surface area contributed by atoms with Crippen molar-refractivity contribution in [3.05, 3.63) is 58.4 Å². The molecule has 1 heterocycles. The minimum absolute atomic E-state index is 0.0909. The molecule has 0 saturated carbocycles. The van der Waals surface area contributed by atoms with E-state index in [1.54, 1.807) is 24.3 Å². The van der Waals surface area contributed by atoms with Gasteiger partial charge in [-0.05, 0) is 44.5 Å². The number of primary amides is 1. The number of benzene rings is 1. The molecule has 3 N–H and O–H groups in total. The van der Waals surface area contributed by atoms with Gasteiger partial charge in [0.05, 0.1) is 5.56 Å². The number of aromatic nitrogens is 1. The van der Waals surface area contributed by atoms with Crippen molar-refractivity contribution in [2.24, 2.45) is 5.73 Å². The second-order valence-electron chi connectivity index (χ2n) is 5.27. The highest BCUT2D eigenvalue weighted by Gasteiger charge is 2.14. The molecule has 0 saturated heterocycles. The third kappa shape index (κ3) is 3.19. The van der Waals surface area contributed by atoms with Gasteiger partial charge in [-0.3, -0.25) is 9.59 Å². The summed E-state index contributed by atoms with van der Waals surface area (Å²) in [6, 6.07) is 8.80. The van der Waals surface area contributed by atoms with E-state index >= 15 is 0 Å². The summed E-state index contributed by atoms with van der Waals surface area (Å²) in [5.74, 6) is -0.547. The second kappa shape index (κ2) is 6.47. The molecule has 22 heavy (non-hydrogen) atoms. The van der Waals surface area contributed by atoms with Crippen molar-refractivity contribution in [3.8, 4) is 0 Å². The van der Waals surface area contributed by atoms with E-state index in [1.165, 1.54) is 0 Å². The van der Waals surface area contributed by atoms with Crippen LogP contribution in [0.3, 0.4) is 0 Å². The summed E-state index contributed by atoms with van der Waals surface area (Å²) in [4.78, 5) is 23.3. The van der Waals surface area contributed by atoms with Crippen molar-refractivity contribution in [1.29, 1.82) is 0 Å². The zero-order valence-corrected chi connectivity index (χ0v) is 13.1. The maximum atomic E-state index is 12.3. The van der Waals surface area contributed by atoms with Crippen LogP contribution in [-0.4, -0.2) is 16.4 Å². The van der Waals surface area contributed by atoms with E-state index in [1.807, 2.05) is 19.9 Å². The fourth-order valence-corrected chi connectivity index (χ4v) is 2.58. The van der Waals surface area contributed by atoms with E-state index < -0.39 is 5.91 Å². The number of aryl methyl sites for hydroxylation is 1. The van der Waals surface area contributed by atoms with Gasteiger partial charge in [0.1, 0.15) is 0 Å². The molecule has 1 aromatic heterocycles. The number of nitrogens with two attached hydrogens (primary N) is 1. The fraction of sp³-hybridized carbons (Fsp3) is 0.294. The van der Waals surface area contributed by atoms with Crippen LogP contribution in [0.2, 0.25) is 0 Å². The standard InChI is InChI=1S/C17H21N3O2/c1-4-20-11(2)9-15(12(20)3)17(22)19-10-13-5-7-14(8-6-13)16(18)21/h5-9H,4,10H2,1-3H3,(H2,18,21)(H,19,22). The van der Waals surface area contributed by atoms with Crippen LogP contribution in [-0.2, 0) is 13.1 Å². The molecule has 0 radical (unpaired) electrons. The predicted molar refractivity (Wildman–Crippen MR) is 85.7 cm³/mol. The summed E-state index contributed by atoms with van der Waals surface area (Å²) in [6.07, 6.45) is 0. The van der Waals surface area contributed by atoms with E-state index in [0.717, 1.165) is 23.5 Å². The number of hydrogen-bond donors (Lipinski definition) is 2. The van der Waals surface area contributed by atoms with E-state index in [4.69, 9.17) is 5.73 Å². The van der Waals surface area contributed by atoms with Crippen LogP contribution in [0.15, 0.2) is 30.3 Å². The van der Waals surface area contributed by atoms with Gasteiger partial charge in [0, 0.05) is 30.0 Å². The normalized spacial score (nSPS) is 10.5. The Balaban J connectivity index is 2.05. The van der Waals surface area contributed by atoms with Gasteiger partial charge in [0.15, 0.2) is 0 Å². The van der Waals surface area contributed by atoms with Crippen molar-refractivity contribution in [1.82, 2.24) is 9.88 Å². The number of nitrogens with one attached hydrogen (secondary N) is 1. The predicted octanol–water partition coefficient (Wildman–Crippen LogP) is 2.15. The summed E-state index contributed by atoms with van der Waals surface area (Å²) in [5.41, 5.74) is 9.33. The Bertz CT molecular complexity index is 699. The van der Waals surface area contributed by atoms with Crippen LogP contribution >= 0.6 is 0 Å². The van der Waals surface area contributed by atoms with Gasteiger partial charge in [-0.2, -0.15) is 0 Å². The van der Waals surface area contributed by atoms with Crippen molar-refractivity contribution < 1.29 is 9.59 Å². The monoisotopic (exact) mass is 299 g/mol. The van der Waals surface area contributed by atoms with Gasteiger partial charge in [0.25, 0.3) is 5.91 Å². The highest BCUT2D eigenvalue weighted by atomic mass is 16.2. The summed E-state index contributed by atoms with van der Waals surface area (Å²) in [5, 5.41) is 2.90. The third-order valence-electron chi connectivity index (χ3n) is 3.83. The zero-order chi connectivity index (χ0) is 16.3. The Morgan fingerprint density at radius 2 is 1.82 bits per heavy atom. The van der Waals surface area contributed by atoms with Gasteiger partial charge in [0.2, 0.25) is 5.91 Å². The zero-order valence-electron chi connectivity index (χ0n) is 13.1. The smallest absolute Gasteiger partial charge is 0.253 e. The van der Waals surface area contributed by atoms with E-state index in [-0.39, 0.29) is 5.91 Å². The van der Waals surface area contributed by atoms with Gasteiger partial charge < -0.3 is 15.6 Å². The molecule has 0 spiro atoms. The molecular weight excluding hydrogens is 278 g/mol. The third-order valence-corrected chi connectivity index (χ3v) is 3.83. The summed E-state index contributed by atoms with van der Waals surface area (Å²) < 4.78 is 2.11. The van der Waals surface area contributed by atoms with Crippen molar-refractivity contribution in [2.45, 2.75) is 33.9 Å². The quantitative estimate of drug-likeness (QED) is 0.887. The Hall–Kier alpha value is -2.56. The van der Waals surface area contributed by atoms with Crippen molar-refractivity contribution >= 4 is 11.8 Å². The number of carbonyl (C=O) groups excluding carboxylic acids is 2. The minimum atomic E-state index is -0.456. The average Bonchev–Trinajstić information content (AvgIpc) is 2.79. The van der Waals surface area contributed by atoms with Crippen LogP contribution in [0.5, 0.6) is 0 Å². The number of amides is 2. The Kier molecular flexibility index (Phi) is 4.65. The first kappa shape index (κ1) is 15.8. The Morgan fingerprint density at radius 3 is 2.32 bits per heavy atom. The first-order valence-electron chi connectivity index (χ1n) is 7.27. The molecule has 2 aromatic rings. The SMILES string of the molecule is CCn1c(C)cc(C(=O)NCc2ccc(C(N)=O)cc2)c1C. The lowest BCUT2D eigenvalue weighted by Crippen LogP contribution is -2.23. The molecule has 0 aliphatic carbocycles. The molecule has 5 nitrogen and oxygen atoms in total. The topological polar surface area (TPSA) is 77.1 Å². The Morgan fingerprint density at radius 1 is 1.18 bits per heavy atom. The lowest BCUT2D eigenvalue weighted by atomic mass is 10.1. The largest absolute Gasteiger partial charge is 0.366 e.